The van der Waals surface area contributed by atoms with Gasteiger partial charge in [-0.15, -0.1) is 0 Å². The Bertz CT molecular complexity index is 4260. The predicted octanol–water partition coefficient (Wildman–Crippen LogP) is -0.963. The number of aliphatic hydroxyl groups excluding tert-OH is 6. The van der Waals surface area contributed by atoms with E-state index in [2.05, 4.69) is 37.2 Å². The molecule has 3 saturated heterocycles. The predicted molar refractivity (Wildman–Crippen MR) is 376 cm³/mol. The monoisotopic (exact) mass is 1520 g/mol. The number of nitrogens with one attached hydrogen (secondary N) is 7. The fraction of sp³-hybridized carbons (Fsp3) is 0.479. The van der Waals surface area contributed by atoms with Crippen molar-refractivity contribution in [3.05, 3.63) is 119 Å². The van der Waals surface area contributed by atoms with Gasteiger partial charge in [0.1, 0.15) is 89.5 Å². The summed E-state index contributed by atoms with van der Waals surface area (Å²) >= 11 is 0. The van der Waals surface area contributed by atoms with Crippen LogP contribution in [0.3, 0.4) is 0 Å². The van der Waals surface area contributed by atoms with Crippen molar-refractivity contribution < 1.29 is 127 Å². The van der Waals surface area contributed by atoms with E-state index in [9.17, 15) is 70.2 Å². The van der Waals surface area contributed by atoms with Gasteiger partial charge in [0.15, 0.2) is 36.2 Å². The average Bonchev–Trinajstić information content (AvgIpc) is 0.766. The van der Waals surface area contributed by atoms with Gasteiger partial charge in [0.05, 0.1) is 43.5 Å². The lowest BCUT2D eigenvalue weighted by Crippen LogP contribution is -2.64. The minimum atomic E-state index is -2.31. The molecule has 22 atom stereocenters. The molecule has 36 heteroatoms. The van der Waals surface area contributed by atoms with E-state index in [1.54, 1.807) is 0 Å². The van der Waals surface area contributed by atoms with Gasteiger partial charge in [-0.1, -0.05) is 44.2 Å². The molecule has 13 rings (SSSR count). The highest BCUT2D eigenvalue weighted by atomic mass is 16.8. The largest absolute Gasteiger partial charge is 0.508 e. The number of phenolic OH excluding ortho intramolecular Hbond substituents is 3. The SMILES string of the molecule is CN[C@H](CC(C)C)C(=O)N[C@H]1C(=O)N[C@@H](CC(N)=O)C(=O)N[C@H]2C(=O)N[C@H]3C(=O)N[C@H](C(=O)N[C@H](C(=O)O)c4cc(O)cc(O)c4-c4cc3ccc4O)[C@H](O[C@H]3C[C@](C)(N)[C@@H](O)[C@H](C)O3)c3ccc(cc3)Oc3cc2cc(c3O[C@@H]2O[C@H](CO)[C@@H](O)[C@H](O)[C@H]2O[C@H]2C[C@](C)(N)[C@H](O)[C@H](C)O2)Oc2ccc(cc2)[C@H]1O. The van der Waals surface area contributed by atoms with Crippen molar-refractivity contribution in [1.29, 1.82) is 0 Å². The van der Waals surface area contributed by atoms with Gasteiger partial charge in [-0.3, -0.25) is 33.6 Å². The number of carboxylic acids is 1. The van der Waals surface area contributed by atoms with E-state index in [1.165, 1.54) is 83.3 Å². The third-order valence-electron chi connectivity index (χ3n) is 20.0. The van der Waals surface area contributed by atoms with E-state index < -0.39 is 250 Å². The van der Waals surface area contributed by atoms with Crippen LogP contribution in [0.15, 0.2) is 91.0 Å². The molecule has 7 amide bonds. The number of amides is 7. The Hall–Kier alpha value is -9.90. The Balaban J connectivity index is 1.17. The summed E-state index contributed by atoms with van der Waals surface area (Å²) in [5.74, 6) is -14.9. The summed E-state index contributed by atoms with van der Waals surface area (Å²) in [6, 6.07) is 3.50. The third kappa shape index (κ3) is 17.3. The number of hydrogen-bond acceptors (Lipinski definition) is 28. The molecule has 0 aliphatic carbocycles. The number of nitrogens with two attached hydrogens (primary N) is 3. The average molecular weight is 1520 g/mol. The van der Waals surface area contributed by atoms with Crippen LogP contribution in [0.1, 0.15) is 125 Å². The molecule has 5 aromatic carbocycles. The molecule has 23 N–H and O–H groups in total. The van der Waals surface area contributed by atoms with Crippen LogP contribution in [0.2, 0.25) is 0 Å². The number of phenols is 3. The van der Waals surface area contributed by atoms with Crippen LogP contribution in [0.25, 0.3) is 11.1 Å². The summed E-state index contributed by atoms with van der Waals surface area (Å²) in [4.78, 5) is 119. The molecule has 8 heterocycles. The molecule has 11 bridgehead atoms. The smallest absolute Gasteiger partial charge is 0.330 e. The molecule has 0 saturated carbocycles. The van der Waals surface area contributed by atoms with E-state index >= 15 is 19.2 Å². The normalized spacial score (nSPS) is 32.4. The van der Waals surface area contributed by atoms with Crippen molar-refractivity contribution in [1.82, 2.24) is 37.2 Å². The zero-order chi connectivity index (χ0) is 79.2. The summed E-state index contributed by atoms with van der Waals surface area (Å²) in [6.07, 6.45) is -22.0. The van der Waals surface area contributed by atoms with Crippen molar-refractivity contribution in [2.45, 2.75) is 201 Å². The van der Waals surface area contributed by atoms with E-state index in [0.717, 1.165) is 42.5 Å². The number of carbonyl (C=O) groups excluding carboxylic acids is 7. The summed E-state index contributed by atoms with van der Waals surface area (Å²) < 4.78 is 51.7. The summed E-state index contributed by atoms with van der Waals surface area (Å²) in [7, 11) is 1.49. The van der Waals surface area contributed by atoms with Gasteiger partial charge in [-0.25, -0.2) is 4.79 Å². The van der Waals surface area contributed by atoms with Gasteiger partial charge in [-0.2, -0.15) is 0 Å². The molecule has 5 aromatic rings. The van der Waals surface area contributed by atoms with E-state index in [0.29, 0.717) is 0 Å². The Labute approximate surface area is 622 Å². The molecule has 109 heavy (non-hydrogen) atoms. The molecule has 8 aliphatic rings. The van der Waals surface area contributed by atoms with Crippen LogP contribution < -0.4 is 68.6 Å². The first kappa shape index (κ1) is 80.1. The lowest BCUT2D eigenvalue weighted by atomic mass is 9.86. The van der Waals surface area contributed by atoms with Crippen LogP contribution >= 0.6 is 0 Å². The Morgan fingerprint density at radius 3 is 1.77 bits per heavy atom. The second-order valence-corrected chi connectivity index (χ2v) is 29.0. The highest BCUT2D eigenvalue weighted by molar-refractivity contribution is 6.00. The number of rotatable bonds is 15. The lowest BCUT2D eigenvalue weighted by molar-refractivity contribution is -0.333. The van der Waals surface area contributed by atoms with E-state index in [4.69, 9.17) is 55.1 Å². The number of fused-ring (bicyclic) bond motifs is 15. The molecular weight excluding hydrogens is 1430 g/mol. The number of aliphatic carboxylic acids is 1. The minimum absolute atomic E-state index is 0.0277. The van der Waals surface area contributed by atoms with Crippen LogP contribution in [0.5, 0.6) is 46.0 Å². The van der Waals surface area contributed by atoms with Crippen molar-refractivity contribution in [2.75, 3.05) is 13.7 Å². The summed E-state index contributed by atoms with van der Waals surface area (Å²) in [5, 5.41) is 132. The molecule has 588 valence electrons. The zero-order valence-corrected chi connectivity index (χ0v) is 60.1. The van der Waals surface area contributed by atoms with Gasteiger partial charge in [0.25, 0.3) is 0 Å². The first-order valence-corrected chi connectivity index (χ1v) is 35.1. The zero-order valence-electron chi connectivity index (χ0n) is 60.1. The van der Waals surface area contributed by atoms with Crippen molar-refractivity contribution >= 4 is 47.3 Å². The quantitative estimate of drug-likeness (QED) is 0.0600. The highest BCUT2D eigenvalue weighted by Gasteiger charge is 2.52. The summed E-state index contributed by atoms with van der Waals surface area (Å²) in [5.41, 5.74) is 13.8. The molecular formula is C73H90N10O26. The number of hydrogen-bond donors (Lipinski definition) is 20. The van der Waals surface area contributed by atoms with Crippen LogP contribution in [-0.2, 0) is 62.0 Å². The highest BCUT2D eigenvalue weighted by Crippen LogP contribution is 2.49. The molecule has 8 aliphatic heterocycles. The standard InChI is InChI=1S/C73H90N10O26/c1-28(2)18-40(77-7)64(94)82-54-56(89)31-8-13-36(14-9-31)104-44-20-34-21-45(60(44)109-71-61(58(91)57(90)46(27-84)106-71)108-49-26-73(6,76)63(93)30(4)103-49)105-37-15-10-32(11-16-37)59(107-48-25-72(5,75)62(92)29(3)102-48)55-69(99)81-53(70(100)101)39-22-35(85)23-43(87)50(39)38-19-33(12-17-42(38)86)51(66(96)83-55)80-67(97)52(34)79-65(95)41(24-47(74)88)78-68(54)98/h8-17,19-23,28-30,40-41,46,48-49,51-59,61-63,71,77,84-87,89-93H,18,24-27,75-76H2,1-7H3,(H2,74,88)(H,78,98)(H,79,95)(H,80,97)(H,81,99)(H,82,94)(H,83,96)(H,100,101)/t29-,30-,40+,41-,46+,48-,49-,51+,52+,53-,54+,55-,56+,57+,58-,59+,61+,62-,63+,71-,72-,73-/m0/s1. The number of likely N-dealkylation sites (N-methyl/N-ethyl adjacent to an activating group) is 1. The number of aromatic hydroxyl groups is 3. The fourth-order valence-electron chi connectivity index (χ4n) is 14.2. The number of carboxylic acid groups (broad SMARTS) is 1. The van der Waals surface area contributed by atoms with Crippen LogP contribution in [0.4, 0.5) is 0 Å². The van der Waals surface area contributed by atoms with Gasteiger partial charge >= 0.3 is 5.97 Å². The molecule has 0 radical (unpaired) electrons. The van der Waals surface area contributed by atoms with Gasteiger partial charge in [-0.05, 0) is 124 Å². The fourth-order valence-corrected chi connectivity index (χ4v) is 14.2. The summed E-state index contributed by atoms with van der Waals surface area (Å²) in [6.45, 7) is 8.73. The van der Waals surface area contributed by atoms with Crippen LogP contribution in [0, 0.1) is 5.92 Å². The Kier molecular flexibility index (Phi) is 23.8. The maximum Gasteiger partial charge on any atom is 0.330 e. The Morgan fingerprint density at radius 2 is 1.21 bits per heavy atom. The maximum absolute atomic E-state index is 16.3. The van der Waals surface area contributed by atoms with Crippen molar-refractivity contribution in [3.8, 4) is 57.1 Å². The Morgan fingerprint density at radius 1 is 0.651 bits per heavy atom. The number of ether oxygens (including phenoxy) is 8. The minimum Gasteiger partial charge on any atom is -0.508 e. The first-order chi connectivity index (χ1) is 51.4. The molecule has 0 aromatic heterocycles. The van der Waals surface area contributed by atoms with Crippen molar-refractivity contribution in [3.63, 3.8) is 0 Å². The maximum atomic E-state index is 16.3. The third-order valence-corrected chi connectivity index (χ3v) is 20.0. The van der Waals surface area contributed by atoms with E-state index in [-0.39, 0.29) is 53.4 Å². The molecule has 0 spiro atoms. The molecule has 36 nitrogen and oxygen atoms in total. The molecule has 0 unspecified atom stereocenters. The molecule has 3 fully saturated rings. The first-order valence-electron chi connectivity index (χ1n) is 35.1. The number of aliphatic hydroxyl groups is 6. The van der Waals surface area contributed by atoms with Gasteiger partial charge in [0.2, 0.25) is 53.4 Å². The number of benzene rings is 5. The van der Waals surface area contributed by atoms with Gasteiger partial charge in [0, 0.05) is 46.7 Å². The van der Waals surface area contributed by atoms with Gasteiger partial charge < -0.3 is 143 Å². The topological polar surface area (TPSA) is 575 Å². The second kappa shape index (κ2) is 32.3. The second-order valence-electron chi connectivity index (χ2n) is 29.0. The number of carbonyl (C=O) groups is 8. The van der Waals surface area contributed by atoms with E-state index in [1.807, 2.05) is 13.8 Å². The lowest BCUT2D eigenvalue weighted by Gasteiger charge is -2.47. The number of primary amides is 1. The van der Waals surface area contributed by atoms with Crippen LogP contribution in [-0.4, -0.2) is 215 Å². The van der Waals surface area contributed by atoms with Crippen molar-refractivity contribution in [2.24, 2.45) is 23.1 Å².